The van der Waals surface area contributed by atoms with Gasteiger partial charge in [0.1, 0.15) is 5.82 Å². The van der Waals surface area contributed by atoms with Crippen molar-refractivity contribution < 1.29 is 17.6 Å². The van der Waals surface area contributed by atoms with E-state index in [0.29, 0.717) is 11.1 Å². The molecule has 0 radical (unpaired) electrons. The summed E-state index contributed by atoms with van der Waals surface area (Å²) in [7, 11) is 0. The minimum atomic E-state index is -4.40. The number of unbranched alkanes of at least 4 members (excludes halogenated alkanes) is 2. The number of benzene rings is 3. The molecule has 0 spiro atoms. The molecule has 0 atom stereocenters. The maximum absolute atomic E-state index is 14.8. The lowest BCUT2D eigenvalue weighted by atomic mass is 9.97. The number of hydrogen-bond donors (Lipinski definition) is 0. The molecule has 0 aliphatic heterocycles. The van der Waals surface area contributed by atoms with E-state index in [0.717, 1.165) is 48.1 Å². The highest BCUT2D eigenvalue weighted by Crippen LogP contribution is 2.41. The minimum Gasteiger partial charge on any atom is -0.206 e. The van der Waals surface area contributed by atoms with Crippen LogP contribution >= 0.6 is 0 Å². The number of aryl methyl sites for hydroxylation is 1. The number of rotatable bonds is 5. The number of hydrogen-bond acceptors (Lipinski definition) is 0. The molecule has 3 aromatic rings. The van der Waals surface area contributed by atoms with Gasteiger partial charge in [-0.1, -0.05) is 50.1 Å². The average molecular weight is 398 g/mol. The van der Waals surface area contributed by atoms with Gasteiger partial charge in [0, 0.05) is 5.56 Å². The normalized spacial score (nSPS) is 12.7. The molecule has 0 saturated carbocycles. The Morgan fingerprint density at radius 2 is 1.52 bits per heavy atom. The van der Waals surface area contributed by atoms with Crippen LogP contribution in [-0.4, -0.2) is 0 Å². The molecule has 0 unspecified atom stereocenters. The summed E-state index contributed by atoms with van der Waals surface area (Å²) < 4.78 is 53.2. The maximum atomic E-state index is 14.8. The Labute approximate surface area is 168 Å². The summed E-state index contributed by atoms with van der Waals surface area (Å²) in [5.41, 5.74) is 5.51. The molecular weight excluding hydrogens is 376 g/mol. The Hall–Kier alpha value is -2.62. The van der Waals surface area contributed by atoms with Gasteiger partial charge in [-0.25, -0.2) is 4.39 Å². The van der Waals surface area contributed by atoms with E-state index in [2.05, 4.69) is 25.1 Å². The zero-order valence-electron chi connectivity index (χ0n) is 16.2. The van der Waals surface area contributed by atoms with Crippen molar-refractivity contribution in [2.75, 3.05) is 0 Å². The van der Waals surface area contributed by atoms with E-state index in [1.165, 1.54) is 42.2 Å². The largest absolute Gasteiger partial charge is 0.416 e. The molecule has 0 aromatic heterocycles. The number of alkyl halides is 3. The van der Waals surface area contributed by atoms with E-state index in [-0.39, 0.29) is 0 Å². The van der Waals surface area contributed by atoms with Crippen LogP contribution in [0.1, 0.15) is 48.4 Å². The number of halogens is 4. The van der Waals surface area contributed by atoms with Crippen LogP contribution in [0.3, 0.4) is 0 Å². The van der Waals surface area contributed by atoms with Crippen LogP contribution in [0.5, 0.6) is 0 Å². The summed E-state index contributed by atoms with van der Waals surface area (Å²) in [5.74, 6) is -0.414. The SMILES string of the molecule is CCCCCc1ccc2c(c1)Cc1cc(-c3ccc(C(F)(F)F)cc3)c(F)cc1-2. The van der Waals surface area contributed by atoms with Crippen LogP contribution < -0.4 is 0 Å². The summed E-state index contributed by atoms with van der Waals surface area (Å²) in [4.78, 5) is 0. The molecule has 4 heteroatoms. The maximum Gasteiger partial charge on any atom is 0.416 e. The van der Waals surface area contributed by atoms with Crippen LogP contribution in [0, 0.1) is 5.82 Å². The monoisotopic (exact) mass is 398 g/mol. The van der Waals surface area contributed by atoms with Crippen LogP contribution in [-0.2, 0) is 19.0 Å². The van der Waals surface area contributed by atoms with Gasteiger partial charge in [-0.2, -0.15) is 13.2 Å². The highest BCUT2D eigenvalue weighted by Gasteiger charge is 2.30. The highest BCUT2D eigenvalue weighted by molar-refractivity contribution is 5.80. The molecule has 4 rings (SSSR count). The molecule has 3 aromatic carbocycles. The van der Waals surface area contributed by atoms with Crippen molar-refractivity contribution in [3.8, 4) is 22.3 Å². The molecule has 0 heterocycles. The van der Waals surface area contributed by atoms with Crippen LogP contribution in [0.4, 0.5) is 17.6 Å². The Morgan fingerprint density at radius 3 is 2.21 bits per heavy atom. The van der Waals surface area contributed by atoms with Gasteiger partial charge in [-0.15, -0.1) is 0 Å². The lowest BCUT2D eigenvalue weighted by Crippen LogP contribution is -2.04. The first-order valence-electron chi connectivity index (χ1n) is 9.99. The van der Waals surface area contributed by atoms with Crippen molar-refractivity contribution in [3.05, 3.63) is 82.7 Å². The molecule has 0 N–H and O–H groups in total. The van der Waals surface area contributed by atoms with Crippen LogP contribution in [0.25, 0.3) is 22.3 Å². The highest BCUT2D eigenvalue weighted by atomic mass is 19.4. The van der Waals surface area contributed by atoms with Gasteiger partial charge in [-0.3, -0.25) is 0 Å². The first kappa shape index (κ1) is 19.7. The predicted octanol–water partition coefficient (Wildman–Crippen LogP) is 7.82. The Bertz CT molecular complexity index is 1030. The molecule has 29 heavy (non-hydrogen) atoms. The van der Waals surface area contributed by atoms with Crippen molar-refractivity contribution in [2.24, 2.45) is 0 Å². The topological polar surface area (TPSA) is 0 Å². The zero-order chi connectivity index (χ0) is 20.6. The van der Waals surface area contributed by atoms with Crippen LogP contribution in [0.2, 0.25) is 0 Å². The standard InChI is InChI=1S/C25H22F4/c1-2-3-4-5-16-6-11-21-18(12-16)13-19-14-23(24(26)15-22(19)21)17-7-9-20(10-8-17)25(27,28)29/h6-12,14-15H,2-5,13H2,1H3. The fraction of sp³-hybridized carbons (Fsp3) is 0.280. The smallest absolute Gasteiger partial charge is 0.206 e. The summed E-state index contributed by atoms with van der Waals surface area (Å²) in [6.45, 7) is 2.18. The van der Waals surface area contributed by atoms with Gasteiger partial charge in [0.25, 0.3) is 0 Å². The molecule has 1 aliphatic rings. The van der Waals surface area contributed by atoms with Gasteiger partial charge in [0.2, 0.25) is 0 Å². The van der Waals surface area contributed by atoms with Gasteiger partial charge in [0.15, 0.2) is 0 Å². The third kappa shape index (κ3) is 3.93. The predicted molar refractivity (Wildman–Crippen MR) is 108 cm³/mol. The Morgan fingerprint density at radius 1 is 0.793 bits per heavy atom. The first-order chi connectivity index (χ1) is 13.9. The number of fused-ring (bicyclic) bond motifs is 3. The average Bonchev–Trinajstić information content (AvgIpc) is 3.03. The molecule has 0 nitrogen and oxygen atoms in total. The molecule has 1 aliphatic carbocycles. The summed E-state index contributed by atoms with van der Waals surface area (Å²) in [6, 6.07) is 14.4. The van der Waals surface area contributed by atoms with E-state index in [1.807, 2.05) is 0 Å². The molecule has 150 valence electrons. The first-order valence-corrected chi connectivity index (χ1v) is 9.99. The van der Waals surface area contributed by atoms with Crippen molar-refractivity contribution in [1.29, 1.82) is 0 Å². The molecule has 0 saturated heterocycles. The van der Waals surface area contributed by atoms with E-state index in [9.17, 15) is 17.6 Å². The van der Waals surface area contributed by atoms with E-state index in [4.69, 9.17) is 0 Å². The molecule has 0 fully saturated rings. The van der Waals surface area contributed by atoms with E-state index in [1.54, 1.807) is 6.07 Å². The second-order valence-corrected chi connectivity index (χ2v) is 7.69. The van der Waals surface area contributed by atoms with E-state index < -0.39 is 17.6 Å². The van der Waals surface area contributed by atoms with Gasteiger partial charge < -0.3 is 0 Å². The third-order valence-electron chi connectivity index (χ3n) is 5.63. The van der Waals surface area contributed by atoms with Gasteiger partial charge >= 0.3 is 6.18 Å². The zero-order valence-corrected chi connectivity index (χ0v) is 16.2. The molecular formula is C25H22F4. The fourth-order valence-electron chi connectivity index (χ4n) is 4.07. The van der Waals surface area contributed by atoms with E-state index >= 15 is 0 Å². The quantitative estimate of drug-likeness (QED) is 0.237. The van der Waals surface area contributed by atoms with Crippen molar-refractivity contribution >= 4 is 0 Å². The third-order valence-corrected chi connectivity index (χ3v) is 5.63. The van der Waals surface area contributed by atoms with Gasteiger partial charge in [0.05, 0.1) is 5.56 Å². The van der Waals surface area contributed by atoms with Crippen molar-refractivity contribution in [3.63, 3.8) is 0 Å². The molecule has 0 amide bonds. The molecule has 0 bridgehead atoms. The lowest BCUT2D eigenvalue weighted by molar-refractivity contribution is -0.137. The second-order valence-electron chi connectivity index (χ2n) is 7.69. The van der Waals surface area contributed by atoms with Gasteiger partial charge in [-0.05, 0) is 76.9 Å². The second kappa shape index (κ2) is 7.66. The summed E-state index contributed by atoms with van der Waals surface area (Å²) >= 11 is 0. The lowest BCUT2D eigenvalue weighted by Gasteiger charge is -2.10. The Balaban J connectivity index is 1.63. The minimum absolute atomic E-state index is 0.341. The Kier molecular flexibility index (Phi) is 5.20. The fourth-order valence-corrected chi connectivity index (χ4v) is 4.07. The van der Waals surface area contributed by atoms with Crippen LogP contribution in [0.15, 0.2) is 54.6 Å². The summed E-state index contributed by atoms with van der Waals surface area (Å²) in [5, 5.41) is 0. The van der Waals surface area contributed by atoms with Crippen molar-refractivity contribution in [2.45, 2.75) is 45.2 Å². The van der Waals surface area contributed by atoms with Crippen molar-refractivity contribution in [1.82, 2.24) is 0 Å². The summed E-state index contributed by atoms with van der Waals surface area (Å²) in [6.07, 6.45) is 0.921.